The van der Waals surface area contributed by atoms with Gasteiger partial charge in [-0.25, -0.2) is 22.7 Å². The van der Waals surface area contributed by atoms with E-state index in [-0.39, 0.29) is 10.5 Å². The molecule has 3 aromatic rings. The van der Waals surface area contributed by atoms with Crippen LogP contribution in [-0.4, -0.2) is 41.2 Å². The van der Waals surface area contributed by atoms with Crippen LogP contribution in [0.15, 0.2) is 57.4 Å². The fourth-order valence-electron chi connectivity index (χ4n) is 2.30. The van der Waals surface area contributed by atoms with Crippen molar-refractivity contribution < 1.29 is 8.42 Å². The molecular weight excluding hydrogens is 372 g/mol. The van der Waals surface area contributed by atoms with Gasteiger partial charge in [0, 0.05) is 38.3 Å². The number of hydrogen-bond acceptors (Lipinski definition) is 6. The number of pyridine rings is 2. The van der Waals surface area contributed by atoms with Crippen molar-refractivity contribution in [3.8, 4) is 0 Å². The summed E-state index contributed by atoms with van der Waals surface area (Å²) in [6.07, 6.45) is 3.09. The zero-order valence-electron chi connectivity index (χ0n) is 14.6. The Morgan fingerprint density at radius 2 is 1.96 bits per heavy atom. The molecule has 0 radical (unpaired) electrons. The van der Waals surface area contributed by atoms with Crippen LogP contribution in [0, 0.1) is 6.92 Å². The van der Waals surface area contributed by atoms with Crippen LogP contribution in [0.4, 0.5) is 0 Å². The average molecular weight is 390 g/mol. The molecule has 9 heteroatoms. The summed E-state index contributed by atoms with van der Waals surface area (Å²) < 4.78 is 26.7. The van der Waals surface area contributed by atoms with Gasteiger partial charge in [0.2, 0.25) is 10.0 Å². The molecule has 0 fully saturated rings. The van der Waals surface area contributed by atoms with Gasteiger partial charge in [-0.15, -0.1) is 11.8 Å². The standard InChI is InChI=1S/C17H18N4O3S2/c1-12-4-6-15-19-13(8-17(22)21(15)10-12)11-25-16-7-5-14(9-18-16)26(23,24)20(2)3/h4-10H,11H2,1-3H3. The molecule has 0 N–H and O–H groups in total. The lowest BCUT2D eigenvalue weighted by molar-refractivity contribution is 0.520. The van der Waals surface area contributed by atoms with Gasteiger partial charge < -0.3 is 0 Å². The second kappa shape index (κ2) is 7.18. The highest BCUT2D eigenvalue weighted by Crippen LogP contribution is 2.21. The maximum absolute atomic E-state index is 12.2. The van der Waals surface area contributed by atoms with Crippen LogP contribution < -0.4 is 5.56 Å². The normalized spacial score (nSPS) is 12.0. The summed E-state index contributed by atoms with van der Waals surface area (Å²) in [6.45, 7) is 1.92. The number of sulfonamides is 1. The van der Waals surface area contributed by atoms with Crippen molar-refractivity contribution in [1.29, 1.82) is 0 Å². The van der Waals surface area contributed by atoms with E-state index in [1.165, 1.54) is 48.6 Å². The first-order chi connectivity index (χ1) is 12.3. The Morgan fingerprint density at radius 3 is 2.62 bits per heavy atom. The quantitative estimate of drug-likeness (QED) is 0.619. The van der Waals surface area contributed by atoms with Gasteiger partial charge in [-0.2, -0.15) is 0 Å². The molecule has 0 aliphatic carbocycles. The Hall–Kier alpha value is -2.23. The van der Waals surface area contributed by atoms with Crippen molar-refractivity contribution in [3.05, 3.63) is 64.3 Å². The van der Waals surface area contributed by atoms with Crippen molar-refractivity contribution >= 4 is 27.4 Å². The molecule has 0 spiro atoms. The minimum absolute atomic E-state index is 0.130. The van der Waals surface area contributed by atoms with Crippen molar-refractivity contribution in [3.63, 3.8) is 0 Å². The van der Waals surface area contributed by atoms with Crippen LogP contribution >= 0.6 is 11.8 Å². The molecule has 136 valence electrons. The van der Waals surface area contributed by atoms with Gasteiger partial charge in [-0.05, 0) is 30.7 Å². The Kier molecular flexibility index (Phi) is 5.12. The monoisotopic (exact) mass is 390 g/mol. The lowest BCUT2D eigenvalue weighted by Gasteiger charge is -2.11. The van der Waals surface area contributed by atoms with E-state index in [0.717, 1.165) is 9.87 Å². The summed E-state index contributed by atoms with van der Waals surface area (Å²) in [5.41, 5.74) is 2.10. The number of nitrogens with zero attached hydrogens (tertiary/aromatic N) is 4. The first-order valence-electron chi connectivity index (χ1n) is 7.78. The lowest BCUT2D eigenvalue weighted by Crippen LogP contribution is -2.22. The van der Waals surface area contributed by atoms with E-state index in [0.29, 0.717) is 22.1 Å². The van der Waals surface area contributed by atoms with E-state index in [9.17, 15) is 13.2 Å². The molecule has 0 bridgehead atoms. The molecule has 0 amide bonds. The summed E-state index contributed by atoms with van der Waals surface area (Å²) in [7, 11) is -0.538. The molecule has 7 nitrogen and oxygen atoms in total. The first-order valence-corrected chi connectivity index (χ1v) is 10.2. The van der Waals surface area contributed by atoms with Gasteiger partial charge in [0.05, 0.1) is 10.7 Å². The number of rotatable bonds is 5. The molecule has 0 atom stereocenters. The molecule has 3 aromatic heterocycles. The van der Waals surface area contributed by atoms with E-state index in [1.807, 2.05) is 19.1 Å². The van der Waals surface area contributed by atoms with Crippen LogP contribution in [0.2, 0.25) is 0 Å². The zero-order valence-corrected chi connectivity index (χ0v) is 16.2. The average Bonchev–Trinajstić information content (AvgIpc) is 2.61. The number of aryl methyl sites for hydroxylation is 1. The highest BCUT2D eigenvalue weighted by atomic mass is 32.2. The van der Waals surface area contributed by atoms with Gasteiger partial charge in [-0.3, -0.25) is 9.20 Å². The molecule has 0 unspecified atom stereocenters. The van der Waals surface area contributed by atoms with Crippen LogP contribution in [0.5, 0.6) is 0 Å². The number of fused-ring (bicyclic) bond motifs is 1. The highest BCUT2D eigenvalue weighted by molar-refractivity contribution is 7.98. The van der Waals surface area contributed by atoms with Gasteiger partial charge in [-0.1, -0.05) is 6.07 Å². The predicted molar refractivity (Wildman–Crippen MR) is 101 cm³/mol. The van der Waals surface area contributed by atoms with Gasteiger partial charge >= 0.3 is 0 Å². The minimum atomic E-state index is -3.49. The van der Waals surface area contributed by atoms with Crippen LogP contribution in [0.3, 0.4) is 0 Å². The molecule has 0 aliphatic heterocycles. The van der Waals surface area contributed by atoms with Gasteiger partial charge in [0.1, 0.15) is 10.5 Å². The largest absolute Gasteiger partial charge is 0.269 e. The molecule has 3 rings (SSSR count). The maximum atomic E-state index is 12.2. The van der Waals surface area contributed by atoms with E-state index in [1.54, 1.807) is 12.3 Å². The Morgan fingerprint density at radius 1 is 1.19 bits per heavy atom. The topological polar surface area (TPSA) is 84.6 Å². The van der Waals surface area contributed by atoms with Crippen LogP contribution in [0.1, 0.15) is 11.3 Å². The SMILES string of the molecule is Cc1ccc2nc(CSc3ccc(S(=O)(=O)N(C)C)cn3)cc(=O)n2c1. The van der Waals surface area contributed by atoms with E-state index in [4.69, 9.17) is 0 Å². The molecule has 3 heterocycles. The van der Waals surface area contributed by atoms with Gasteiger partial charge in [0.25, 0.3) is 5.56 Å². The van der Waals surface area contributed by atoms with Crippen molar-refractivity contribution in [2.45, 2.75) is 22.6 Å². The Balaban J connectivity index is 1.78. The van der Waals surface area contributed by atoms with Crippen molar-refractivity contribution in [1.82, 2.24) is 18.7 Å². The molecule has 0 saturated carbocycles. The summed E-state index contributed by atoms with van der Waals surface area (Å²) in [4.78, 5) is 21.0. The van der Waals surface area contributed by atoms with Crippen molar-refractivity contribution in [2.24, 2.45) is 0 Å². The zero-order chi connectivity index (χ0) is 18.9. The van der Waals surface area contributed by atoms with E-state index >= 15 is 0 Å². The molecule has 0 saturated heterocycles. The molecule has 0 aromatic carbocycles. The number of thioether (sulfide) groups is 1. The second-order valence-corrected chi connectivity index (χ2v) is 9.08. The summed E-state index contributed by atoms with van der Waals surface area (Å²) in [5, 5.41) is 0.661. The minimum Gasteiger partial charge on any atom is -0.269 e. The summed E-state index contributed by atoms with van der Waals surface area (Å²) in [5.74, 6) is 0.465. The third-order valence-corrected chi connectivity index (χ3v) is 6.49. The number of aromatic nitrogens is 3. The molecule has 26 heavy (non-hydrogen) atoms. The maximum Gasteiger partial charge on any atom is 0.258 e. The highest BCUT2D eigenvalue weighted by Gasteiger charge is 2.17. The third-order valence-electron chi connectivity index (χ3n) is 3.72. The number of hydrogen-bond donors (Lipinski definition) is 0. The van der Waals surface area contributed by atoms with E-state index < -0.39 is 10.0 Å². The Bertz CT molecular complexity index is 1110. The van der Waals surface area contributed by atoms with E-state index in [2.05, 4.69) is 9.97 Å². The lowest BCUT2D eigenvalue weighted by atomic mass is 10.3. The smallest absolute Gasteiger partial charge is 0.258 e. The first kappa shape index (κ1) is 18.6. The summed E-state index contributed by atoms with van der Waals surface area (Å²) in [6, 6.07) is 8.40. The fraction of sp³-hybridized carbons (Fsp3) is 0.235. The van der Waals surface area contributed by atoms with Crippen LogP contribution in [0.25, 0.3) is 5.65 Å². The fourth-order valence-corrected chi connectivity index (χ4v) is 3.88. The van der Waals surface area contributed by atoms with Gasteiger partial charge in [0.15, 0.2) is 0 Å². The summed E-state index contributed by atoms with van der Waals surface area (Å²) >= 11 is 1.39. The molecular formula is C17H18N4O3S2. The Labute approximate surface area is 155 Å². The third kappa shape index (κ3) is 3.79. The predicted octanol–water partition coefficient (Wildman–Crippen LogP) is 1.94. The van der Waals surface area contributed by atoms with Crippen LogP contribution in [-0.2, 0) is 15.8 Å². The second-order valence-electron chi connectivity index (χ2n) is 5.93. The molecule has 0 aliphatic rings. The van der Waals surface area contributed by atoms with Crippen molar-refractivity contribution in [2.75, 3.05) is 14.1 Å².